The Morgan fingerprint density at radius 1 is 1.75 bits per heavy atom. The van der Waals surface area contributed by atoms with Crippen LogP contribution in [0.5, 0.6) is 0 Å². The third-order valence-corrected chi connectivity index (χ3v) is 2.60. The molecule has 2 nitrogen and oxygen atoms in total. The number of hydrogen-bond donors (Lipinski definition) is 0. The van der Waals surface area contributed by atoms with Gasteiger partial charge in [0.25, 0.3) is 0 Å². The van der Waals surface area contributed by atoms with E-state index in [1.54, 1.807) is 6.08 Å². The van der Waals surface area contributed by atoms with E-state index >= 15 is 0 Å². The van der Waals surface area contributed by atoms with Crippen LogP contribution in [0.15, 0.2) is 12.7 Å². The molecule has 0 spiro atoms. The van der Waals surface area contributed by atoms with Crippen LogP contribution in [-0.2, 0) is 9.47 Å². The van der Waals surface area contributed by atoms with Crippen LogP contribution in [0.1, 0.15) is 20.3 Å². The monoisotopic (exact) mass is 170 g/mol. The molecule has 70 valence electrons. The molecule has 2 heteroatoms. The van der Waals surface area contributed by atoms with Crippen molar-refractivity contribution < 1.29 is 9.47 Å². The fourth-order valence-corrected chi connectivity index (χ4v) is 1.54. The van der Waals surface area contributed by atoms with Crippen molar-refractivity contribution in [2.75, 3.05) is 19.8 Å². The molecule has 1 aliphatic rings. The van der Waals surface area contributed by atoms with E-state index < -0.39 is 0 Å². The molecule has 1 fully saturated rings. The molecule has 1 rings (SSSR count). The van der Waals surface area contributed by atoms with E-state index in [-0.39, 0.29) is 5.60 Å². The summed E-state index contributed by atoms with van der Waals surface area (Å²) in [5.41, 5.74) is -0.0300. The van der Waals surface area contributed by atoms with Crippen molar-refractivity contribution in [1.29, 1.82) is 0 Å². The Bertz CT molecular complexity index is 154. The van der Waals surface area contributed by atoms with Crippen molar-refractivity contribution in [2.45, 2.75) is 25.9 Å². The van der Waals surface area contributed by atoms with Crippen LogP contribution in [0, 0.1) is 5.92 Å². The Balaban J connectivity index is 2.24. The lowest BCUT2D eigenvalue weighted by molar-refractivity contribution is -0.218. The van der Waals surface area contributed by atoms with Crippen molar-refractivity contribution in [3.8, 4) is 0 Å². The van der Waals surface area contributed by atoms with E-state index in [0.29, 0.717) is 19.1 Å². The second kappa shape index (κ2) is 4.06. The summed E-state index contributed by atoms with van der Waals surface area (Å²) >= 11 is 0. The molecule has 2 atom stereocenters. The van der Waals surface area contributed by atoms with Crippen LogP contribution in [-0.4, -0.2) is 25.4 Å². The van der Waals surface area contributed by atoms with Gasteiger partial charge in [0.1, 0.15) is 0 Å². The number of ether oxygens (including phenoxy) is 2. The summed E-state index contributed by atoms with van der Waals surface area (Å²) in [6, 6.07) is 0. The lowest BCUT2D eigenvalue weighted by Crippen LogP contribution is -2.54. The molecule has 0 saturated carbocycles. The van der Waals surface area contributed by atoms with Gasteiger partial charge in [0, 0.05) is 5.92 Å². The van der Waals surface area contributed by atoms with Crippen LogP contribution < -0.4 is 0 Å². The molecule has 0 amide bonds. The second-order valence-corrected chi connectivity index (χ2v) is 3.53. The van der Waals surface area contributed by atoms with Crippen LogP contribution in [0.2, 0.25) is 0 Å². The molecule has 0 radical (unpaired) electrons. The molecule has 12 heavy (non-hydrogen) atoms. The van der Waals surface area contributed by atoms with E-state index in [9.17, 15) is 0 Å². The summed E-state index contributed by atoms with van der Waals surface area (Å²) in [6.45, 7) is 10.1. The fraction of sp³-hybridized carbons (Fsp3) is 0.800. The molecule has 0 aromatic rings. The van der Waals surface area contributed by atoms with Gasteiger partial charge in [-0.15, -0.1) is 6.58 Å². The lowest BCUT2D eigenvalue weighted by atomic mass is 9.83. The molecular weight excluding hydrogens is 152 g/mol. The van der Waals surface area contributed by atoms with Crippen molar-refractivity contribution in [3.05, 3.63) is 12.7 Å². The summed E-state index contributed by atoms with van der Waals surface area (Å²) in [5, 5.41) is 0. The minimum absolute atomic E-state index is 0.0300. The highest BCUT2D eigenvalue weighted by Gasteiger charge is 2.43. The van der Waals surface area contributed by atoms with E-state index in [1.165, 1.54) is 6.42 Å². The lowest BCUT2D eigenvalue weighted by Gasteiger charge is -2.46. The van der Waals surface area contributed by atoms with Gasteiger partial charge in [-0.1, -0.05) is 13.0 Å². The molecule has 0 N–H and O–H groups in total. The van der Waals surface area contributed by atoms with Gasteiger partial charge in [0.05, 0.1) is 25.4 Å². The maximum atomic E-state index is 5.51. The summed E-state index contributed by atoms with van der Waals surface area (Å²) in [5.74, 6) is 0.669. The minimum Gasteiger partial charge on any atom is -0.374 e. The third kappa shape index (κ3) is 1.87. The molecule has 1 heterocycles. The Morgan fingerprint density at radius 2 is 2.50 bits per heavy atom. The van der Waals surface area contributed by atoms with Gasteiger partial charge in [0.2, 0.25) is 0 Å². The van der Waals surface area contributed by atoms with E-state index in [0.717, 1.165) is 6.61 Å². The maximum absolute atomic E-state index is 5.51. The molecule has 0 aromatic carbocycles. The maximum Gasteiger partial charge on any atom is 0.0936 e. The summed E-state index contributed by atoms with van der Waals surface area (Å²) < 4.78 is 10.9. The van der Waals surface area contributed by atoms with Gasteiger partial charge in [0.15, 0.2) is 0 Å². The highest BCUT2D eigenvalue weighted by Crippen LogP contribution is 2.35. The second-order valence-electron chi connectivity index (χ2n) is 3.53. The zero-order valence-electron chi connectivity index (χ0n) is 8.01. The largest absolute Gasteiger partial charge is 0.374 e. The first-order valence-electron chi connectivity index (χ1n) is 4.55. The van der Waals surface area contributed by atoms with Gasteiger partial charge in [-0.3, -0.25) is 0 Å². The summed E-state index contributed by atoms with van der Waals surface area (Å²) in [6.07, 6.45) is 2.94. The number of hydrogen-bond acceptors (Lipinski definition) is 2. The highest BCUT2D eigenvalue weighted by atomic mass is 16.6. The summed E-state index contributed by atoms with van der Waals surface area (Å²) in [7, 11) is 0. The molecular formula is C10H18O2. The van der Waals surface area contributed by atoms with Gasteiger partial charge >= 0.3 is 0 Å². The molecule has 1 saturated heterocycles. The molecule has 2 unspecified atom stereocenters. The Morgan fingerprint density at radius 3 is 2.92 bits per heavy atom. The van der Waals surface area contributed by atoms with Crippen molar-refractivity contribution in [3.63, 3.8) is 0 Å². The quantitative estimate of drug-likeness (QED) is 0.464. The van der Waals surface area contributed by atoms with Crippen LogP contribution in [0.25, 0.3) is 0 Å². The minimum atomic E-state index is -0.0300. The first-order valence-corrected chi connectivity index (χ1v) is 4.55. The van der Waals surface area contributed by atoms with E-state index in [1.807, 2.05) is 0 Å². The topological polar surface area (TPSA) is 18.5 Å². The first kappa shape index (κ1) is 9.75. The molecule has 0 aromatic heterocycles. The van der Waals surface area contributed by atoms with Crippen LogP contribution >= 0.6 is 0 Å². The average Bonchev–Trinajstić information content (AvgIpc) is 2.04. The predicted molar refractivity (Wildman–Crippen MR) is 49.2 cm³/mol. The van der Waals surface area contributed by atoms with Crippen molar-refractivity contribution >= 4 is 0 Å². The van der Waals surface area contributed by atoms with Gasteiger partial charge in [-0.25, -0.2) is 0 Å². The molecule has 1 aliphatic heterocycles. The molecule has 0 bridgehead atoms. The fourth-order valence-electron chi connectivity index (χ4n) is 1.54. The highest BCUT2D eigenvalue weighted by molar-refractivity contribution is 4.91. The van der Waals surface area contributed by atoms with Crippen LogP contribution in [0.3, 0.4) is 0 Å². The van der Waals surface area contributed by atoms with Crippen molar-refractivity contribution in [1.82, 2.24) is 0 Å². The van der Waals surface area contributed by atoms with Gasteiger partial charge in [-0.05, 0) is 13.3 Å². The zero-order chi connectivity index (χ0) is 9.03. The Hall–Kier alpha value is -0.340. The summed E-state index contributed by atoms with van der Waals surface area (Å²) in [4.78, 5) is 0. The normalized spacial score (nSPS) is 34.3. The van der Waals surface area contributed by atoms with Crippen LogP contribution in [0.4, 0.5) is 0 Å². The zero-order valence-corrected chi connectivity index (χ0v) is 8.01. The average molecular weight is 170 g/mol. The van der Waals surface area contributed by atoms with E-state index in [4.69, 9.17) is 9.47 Å². The standard InChI is InChI=1S/C10H18O2/c1-4-6-11-8-10(3)9(5-2)7-12-10/h4,9H,1,5-8H2,2-3H3. The molecule has 0 aliphatic carbocycles. The third-order valence-electron chi connectivity index (χ3n) is 2.60. The van der Waals surface area contributed by atoms with Crippen molar-refractivity contribution in [2.24, 2.45) is 5.92 Å². The smallest absolute Gasteiger partial charge is 0.0936 e. The van der Waals surface area contributed by atoms with Gasteiger partial charge < -0.3 is 9.47 Å². The Kier molecular flexibility index (Phi) is 3.29. The van der Waals surface area contributed by atoms with E-state index in [2.05, 4.69) is 20.4 Å². The predicted octanol–water partition coefficient (Wildman–Crippen LogP) is 2.00. The SMILES string of the molecule is C=CCOCC1(C)OCC1CC. The first-order chi connectivity index (χ1) is 5.73. The Labute approximate surface area is 74.6 Å². The van der Waals surface area contributed by atoms with Gasteiger partial charge in [-0.2, -0.15) is 0 Å². The number of rotatable bonds is 5.